The lowest BCUT2D eigenvalue weighted by Gasteiger charge is -2.60. The molecule has 134 valence electrons. The van der Waals surface area contributed by atoms with Crippen LogP contribution in [0.5, 0.6) is 0 Å². The molecule has 2 N–H and O–H groups in total. The second kappa shape index (κ2) is 8.49. The maximum Gasteiger partial charge on any atom is 0.00768 e. The minimum atomic E-state index is 0.627. The summed E-state index contributed by atoms with van der Waals surface area (Å²) in [6.45, 7) is 9.59. The van der Waals surface area contributed by atoms with E-state index in [0.717, 1.165) is 37.4 Å². The van der Waals surface area contributed by atoms with Gasteiger partial charge < -0.3 is 10.6 Å². The normalized spacial score (nSPS) is 27.7. The lowest BCUT2D eigenvalue weighted by Crippen LogP contribution is -2.54. The molecule has 0 radical (unpaired) electrons. The van der Waals surface area contributed by atoms with Gasteiger partial charge in [0.15, 0.2) is 0 Å². The summed E-state index contributed by atoms with van der Waals surface area (Å²) in [5.74, 6) is 2.93. The van der Waals surface area contributed by atoms with E-state index in [4.69, 9.17) is 0 Å². The van der Waals surface area contributed by atoms with Crippen LogP contribution in [0, 0.1) is 23.2 Å². The summed E-state index contributed by atoms with van der Waals surface area (Å²) >= 11 is 0. The molecule has 4 rings (SSSR count). The van der Waals surface area contributed by atoms with Crippen LogP contribution < -0.4 is 10.6 Å². The zero-order valence-corrected chi connectivity index (χ0v) is 15.7. The standard InChI is InChI=1S/C22H36N2/c1-22(2)20-12-11-19(21(22)16-20)17-24-15-14-23-13-7-6-10-18-8-4-3-5-9-18/h3-5,8-9,19-21,23-24H,6-7,10-17H2,1-2H3/t19-,20-,21-/m0/s1. The summed E-state index contributed by atoms with van der Waals surface area (Å²) in [5, 5.41) is 7.29. The van der Waals surface area contributed by atoms with E-state index in [1.54, 1.807) is 0 Å². The fourth-order valence-electron chi connectivity index (χ4n) is 5.02. The SMILES string of the molecule is CC1(C)[C@H]2CC[C@@H](CNCCNCCCCc3ccccc3)[C@@H]1C2. The second-order valence-corrected chi connectivity index (χ2v) is 8.59. The number of rotatable bonds is 10. The van der Waals surface area contributed by atoms with E-state index >= 15 is 0 Å². The Bertz CT molecular complexity index is 480. The van der Waals surface area contributed by atoms with Crippen LogP contribution in [0.2, 0.25) is 0 Å². The molecule has 0 spiro atoms. The van der Waals surface area contributed by atoms with Gasteiger partial charge in [0, 0.05) is 13.1 Å². The molecule has 24 heavy (non-hydrogen) atoms. The average Bonchev–Trinajstić information content (AvgIpc) is 2.61. The molecule has 0 heterocycles. The van der Waals surface area contributed by atoms with Crippen molar-refractivity contribution in [3.05, 3.63) is 35.9 Å². The van der Waals surface area contributed by atoms with Crippen molar-refractivity contribution in [1.82, 2.24) is 10.6 Å². The van der Waals surface area contributed by atoms with Crippen LogP contribution in [0.15, 0.2) is 30.3 Å². The molecule has 2 heteroatoms. The predicted molar refractivity (Wildman–Crippen MR) is 103 cm³/mol. The van der Waals surface area contributed by atoms with E-state index in [0.29, 0.717) is 5.41 Å². The van der Waals surface area contributed by atoms with E-state index in [1.807, 2.05) is 0 Å². The predicted octanol–water partition coefficient (Wildman–Crippen LogP) is 4.26. The second-order valence-electron chi connectivity index (χ2n) is 8.59. The van der Waals surface area contributed by atoms with Crippen molar-refractivity contribution >= 4 is 0 Å². The third-order valence-electron chi connectivity index (χ3n) is 6.80. The number of nitrogens with one attached hydrogen (secondary N) is 2. The minimum absolute atomic E-state index is 0.627. The van der Waals surface area contributed by atoms with Crippen molar-refractivity contribution in [2.45, 2.75) is 52.4 Å². The van der Waals surface area contributed by atoms with Crippen molar-refractivity contribution in [2.24, 2.45) is 23.2 Å². The topological polar surface area (TPSA) is 24.1 Å². The number of benzene rings is 1. The molecule has 3 fully saturated rings. The molecule has 0 saturated heterocycles. The van der Waals surface area contributed by atoms with Crippen LogP contribution in [-0.2, 0) is 6.42 Å². The molecule has 2 bridgehead atoms. The Labute approximate surface area is 148 Å². The van der Waals surface area contributed by atoms with E-state index in [-0.39, 0.29) is 0 Å². The lowest BCUT2D eigenvalue weighted by atomic mass is 9.45. The monoisotopic (exact) mass is 328 g/mol. The van der Waals surface area contributed by atoms with Crippen molar-refractivity contribution in [3.63, 3.8) is 0 Å². The number of unbranched alkanes of at least 4 members (excludes halogenated alkanes) is 1. The van der Waals surface area contributed by atoms with Gasteiger partial charge in [-0.05, 0) is 80.3 Å². The third-order valence-corrected chi connectivity index (χ3v) is 6.80. The van der Waals surface area contributed by atoms with E-state index < -0.39 is 0 Å². The van der Waals surface area contributed by atoms with Gasteiger partial charge in [-0.3, -0.25) is 0 Å². The maximum atomic E-state index is 3.70. The quantitative estimate of drug-likeness (QED) is 0.627. The summed E-state index contributed by atoms with van der Waals surface area (Å²) in [5.41, 5.74) is 2.09. The lowest BCUT2D eigenvalue weighted by molar-refractivity contribution is -0.103. The molecular formula is C22H36N2. The molecule has 1 aromatic rings. The largest absolute Gasteiger partial charge is 0.315 e. The summed E-state index contributed by atoms with van der Waals surface area (Å²) in [6.07, 6.45) is 8.19. The Kier molecular flexibility index (Phi) is 6.35. The van der Waals surface area contributed by atoms with Crippen LogP contribution in [0.3, 0.4) is 0 Å². The fraction of sp³-hybridized carbons (Fsp3) is 0.727. The summed E-state index contributed by atoms with van der Waals surface area (Å²) < 4.78 is 0. The first kappa shape index (κ1) is 17.9. The Balaban J connectivity index is 1.17. The number of aryl methyl sites for hydroxylation is 1. The zero-order chi connectivity index (χ0) is 16.8. The highest BCUT2D eigenvalue weighted by Crippen LogP contribution is 2.61. The minimum Gasteiger partial charge on any atom is -0.315 e. The zero-order valence-electron chi connectivity index (χ0n) is 15.7. The average molecular weight is 329 g/mol. The van der Waals surface area contributed by atoms with Crippen molar-refractivity contribution in [3.8, 4) is 0 Å². The molecule has 1 aromatic carbocycles. The molecule has 0 unspecified atom stereocenters. The van der Waals surface area contributed by atoms with Gasteiger partial charge in [0.2, 0.25) is 0 Å². The van der Waals surface area contributed by atoms with E-state index in [1.165, 1.54) is 50.6 Å². The van der Waals surface area contributed by atoms with Crippen LogP contribution in [-0.4, -0.2) is 26.2 Å². The molecule has 3 atom stereocenters. The van der Waals surface area contributed by atoms with E-state index in [9.17, 15) is 0 Å². The molecule has 0 amide bonds. The van der Waals surface area contributed by atoms with Crippen LogP contribution in [0.1, 0.15) is 51.5 Å². The summed E-state index contributed by atoms with van der Waals surface area (Å²) in [4.78, 5) is 0. The molecule has 0 aromatic heterocycles. The first-order chi connectivity index (χ1) is 11.7. The van der Waals surface area contributed by atoms with Gasteiger partial charge in [0.05, 0.1) is 0 Å². The van der Waals surface area contributed by atoms with Gasteiger partial charge in [-0.1, -0.05) is 44.2 Å². The van der Waals surface area contributed by atoms with Gasteiger partial charge in [-0.15, -0.1) is 0 Å². The Hall–Kier alpha value is -0.860. The first-order valence-corrected chi connectivity index (χ1v) is 10.1. The molecule has 0 aliphatic heterocycles. The molecular weight excluding hydrogens is 292 g/mol. The maximum absolute atomic E-state index is 3.70. The third kappa shape index (κ3) is 4.40. The van der Waals surface area contributed by atoms with Gasteiger partial charge in [-0.2, -0.15) is 0 Å². The van der Waals surface area contributed by atoms with Crippen LogP contribution in [0.4, 0.5) is 0 Å². The fourth-order valence-corrected chi connectivity index (χ4v) is 5.02. The highest BCUT2D eigenvalue weighted by atomic mass is 14.9. The summed E-state index contributed by atoms with van der Waals surface area (Å²) in [6, 6.07) is 10.8. The smallest absolute Gasteiger partial charge is 0.00768 e. The highest BCUT2D eigenvalue weighted by Gasteiger charge is 2.53. The van der Waals surface area contributed by atoms with E-state index in [2.05, 4.69) is 54.8 Å². The van der Waals surface area contributed by atoms with Crippen molar-refractivity contribution in [2.75, 3.05) is 26.2 Å². The summed E-state index contributed by atoms with van der Waals surface area (Å²) in [7, 11) is 0. The molecule has 2 nitrogen and oxygen atoms in total. The Morgan fingerprint density at radius 3 is 2.50 bits per heavy atom. The molecule has 3 aliphatic rings. The molecule has 3 saturated carbocycles. The van der Waals surface area contributed by atoms with Gasteiger partial charge in [-0.25, -0.2) is 0 Å². The van der Waals surface area contributed by atoms with Crippen LogP contribution >= 0.6 is 0 Å². The number of fused-ring (bicyclic) bond motifs is 2. The molecule has 3 aliphatic carbocycles. The van der Waals surface area contributed by atoms with Gasteiger partial charge in [0.25, 0.3) is 0 Å². The first-order valence-electron chi connectivity index (χ1n) is 10.1. The van der Waals surface area contributed by atoms with Crippen molar-refractivity contribution in [1.29, 1.82) is 0 Å². The van der Waals surface area contributed by atoms with Gasteiger partial charge in [0.1, 0.15) is 0 Å². The van der Waals surface area contributed by atoms with Gasteiger partial charge >= 0.3 is 0 Å². The highest BCUT2D eigenvalue weighted by molar-refractivity contribution is 5.14. The van der Waals surface area contributed by atoms with Crippen LogP contribution in [0.25, 0.3) is 0 Å². The van der Waals surface area contributed by atoms with Crippen molar-refractivity contribution < 1.29 is 0 Å². The Morgan fingerprint density at radius 1 is 0.958 bits per heavy atom. The Morgan fingerprint density at radius 2 is 1.75 bits per heavy atom. The number of hydrogen-bond donors (Lipinski definition) is 2. The number of hydrogen-bond acceptors (Lipinski definition) is 2.